The van der Waals surface area contributed by atoms with E-state index in [0.717, 1.165) is 38.5 Å². The van der Waals surface area contributed by atoms with Crippen LogP contribution in [0.25, 0.3) is 0 Å². The summed E-state index contributed by atoms with van der Waals surface area (Å²) in [5.41, 5.74) is 0. The van der Waals surface area contributed by atoms with Crippen LogP contribution in [0.3, 0.4) is 0 Å². The van der Waals surface area contributed by atoms with Gasteiger partial charge in [0, 0.05) is 13.0 Å². The predicted molar refractivity (Wildman–Crippen MR) is 215 cm³/mol. The van der Waals surface area contributed by atoms with E-state index in [4.69, 9.17) is 18.5 Å². The number of nitrogens with zero attached hydrogens (tertiary/aromatic N) is 1. The van der Waals surface area contributed by atoms with Crippen LogP contribution in [-0.4, -0.2) is 75.6 Å². The van der Waals surface area contributed by atoms with E-state index in [1.807, 2.05) is 21.1 Å². The zero-order valence-electron chi connectivity index (χ0n) is 34.4. The van der Waals surface area contributed by atoms with Crippen molar-refractivity contribution in [3.05, 3.63) is 12.2 Å². The molecule has 0 rings (SSSR count). The molecule has 0 aliphatic carbocycles. The van der Waals surface area contributed by atoms with Gasteiger partial charge in [-0.2, -0.15) is 0 Å². The largest absolute Gasteiger partial charge is 0.472 e. The summed E-state index contributed by atoms with van der Waals surface area (Å²) in [5.74, 6) is -0.320. The van der Waals surface area contributed by atoms with Crippen molar-refractivity contribution in [2.45, 2.75) is 200 Å². The summed E-state index contributed by atoms with van der Waals surface area (Å²) >= 11 is 0. The molecule has 0 radical (unpaired) electrons. The number of phosphoric ester groups is 1. The second-order valence-electron chi connectivity index (χ2n) is 15.7. The van der Waals surface area contributed by atoms with Crippen molar-refractivity contribution in [2.24, 2.45) is 0 Å². The van der Waals surface area contributed by atoms with E-state index in [1.54, 1.807) is 0 Å². The number of hydrogen-bond donors (Lipinski definition) is 1. The van der Waals surface area contributed by atoms with E-state index < -0.39 is 13.9 Å². The van der Waals surface area contributed by atoms with Crippen LogP contribution in [0.5, 0.6) is 0 Å². The molecular formula is C42H85NO7P+. The van der Waals surface area contributed by atoms with Crippen LogP contribution < -0.4 is 0 Å². The van der Waals surface area contributed by atoms with Gasteiger partial charge in [-0.1, -0.05) is 161 Å². The molecule has 8 nitrogen and oxygen atoms in total. The maximum atomic E-state index is 12.6. The first-order chi connectivity index (χ1) is 24.6. The number of carbonyl (C=O) groups excluding carboxylic acids is 1. The Bertz CT molecular complexity index is 833. The highest BCUT2D eigenvalue weighted by Crippen LogP contribution is 2.43. The van der Waals surface area contributed by atoms with Gasteiger partial charge in [-0.05, 0) is 38.5 Å². The lowest BCUT2D eigenvalue weighted by molar-refractivity contribution is -0.870. The predicted octanol–water partition coefficient (Wildman–Crippen LogP) is 12.3. The highest BCUT2D eigenvalue weighted by Gasteiger charge is 2.26. The van der Waals surface area contributed by atoms with Crippen molar-refractivity contribution in [2.75, 3.05) is 54.1 Å². The molecule has 0 amide bonds. The van der Waals surface area contributed by atoms with Crippen molar-refractivity contribution < 1.29 is 37.3 Å². The van der Waals surface area contributed by atoms with E-state index in [2.05, 4.69) is 26.0 Å². The third-order valence-electron chi connectivity index (χ3n) is 9.33. The van der Waals surface area contributed by atoms with Crippen LogP contribution in [0.2, 0.25) is 0 Å². The zero-order valence-corrected chi connectivity index (χ0v) is 35.3. The third kappa shape index (κ3) is 40.3. The number of unbranched alkanes of at least 4 members (excludes halogenated alkanes) is 24. The van der Waals surface area contributed by atoms with Crippen molar-refractivity contribution in [1.29, 1.82) is 0 Å². The summed E-state index contributed by atoms with van der Waals surface area (Å²) in [5, 5.41) is 0. The zero-order chi connectivity index (χ0) is 37.7. The Morgan fingerprint density at radius 2 is 1.02 bits per heavy atom. The van der Waals surface area contributed by atoms with Crippen LogP contribution in [0, 0.1) is 0 Å². The Labute approximate surface area is 316 Å². The monoisotopic (exact) mass is 747 g/mol. The molecule has 0 aliphatic heterocycles. The summed E-state index contributed by atoms with van der Waals surface area (Å²) in [7, 11) is 1.67. The fraction of sp³-hybridized carbons (Fsp3) is 0.929. The molecule has 0 aliphatic rings. The molecule has 9 heteroatoms. The van der Waals surface area contributed by atoms with Gasteiger partial charge in [0.15, 0.2) is 0 Å². The number of carbonyl (C=O) groups is 1. The number of hydrogen-bond acceptors (Lipinski definition) is 6. The molecule has 0 aromatic heterocycles. The molecule has 0 aromatic rings. The first-order valence-corrected chi connectivity index (χ1v) is 22.9. The van der Waals surface area contributed by atoms with Gasteiger partial charge >= 0.3 is 13.8 Å². The molecule has 1 N–H and O–H groups in total. The van der Waals surface area contributed by atoms with Crippen molar-refractivity contribution in [3.8, 4) is 0 Å². The number of ether oxygens (including phenoxy) is 2. The lowest BCUT2D eigenvalue weighted by Gasteiger charge is -2.24. The van der Waals surface area contributed by atoms with E-state index >= 15 is 0 Å². The molecule has 0 heterocycles. The number of phosphoric acid groups is 1. The smallest absolute Gasteiger partial charge is 0.457 e. The number of rotatable bonds is 40. The maximum Gasteiger partial charge on any atom is 0.472 e. The number of quaternary nitrogens is 1. The number of likely N-dealkylation sites (N-methyl/N-ethyl adjacent to an activating group) is 1. The van der Waals surface area contributed by atoms with Gasteiger partial charge in [0.1, 0.15) is 19.3 Å². The Morgan fingerprint density at radius 1 is 0.588 bits per heavy atom. The number of allylic oxidation sites excluding steroid dienone is 2. The summed E-state index contributed by atoms with van der Waals surface area (Å²) in [4.78, 5) is 22.8. The highest BCUT2D eigenvalue weighted by atomic mass is 31.2. The van der Waals surface area contributed by atoms with E-state index in [0.29, 0.717) is 24.1 Å². The summed E-state index contributed by atoms with van der Waals surface area (Å²) in [6, 6.07) is 0. The topological polar surface area (TPSA) is 91.3 Å². The summed E-state index contributed by atoms with van der Waals surface area (Å²) in [6.45, 7) is 5.63. The second-order valence-corrected chi connectivity index (χ2v) is 17.2. The third-order valence-corrected chi connectivity index (χ3v) is 10.3. The van der Waals surface area contributed by atoms with Crippen molar-refractivity contribution in [1.82, 2.24) is 0 Å². The normalized spacial score (nSPS) is 13.9. The Kier molecular flexibility index (Phi) is 35.7. The first-order valence-electron chi connectivity index (χ1n) is 21.4. The van der Waals surface area contributed by atoms with E-state index in [1.165, 1.54) is 135 Å². The molecule has 0 saturated heterocycles. The van der Waals surface area contributed by atoms with Crippen LogP contribution in [-0.2, 0) is 27.9 Å². The lowest BCUT2D eigenvalue weighted by Crippen LogP contribution is -2.37. The summed E-state index contributed by atoms with van der Waals surface area (Å²) in [6.07, 6.45) is 38.1. The van der Waals surface area contributed by atoms with Gasteiger partial charge in [0.05, 0.1) is 34.4 Å². The molecule has 2 atom stereocenters. The molecule has 0 aromatic carbocycles. The molecule has 0 spiro atoms. The van der Waals surface area contributed by atoms with Gasteiger partial charge in [0.2, 0.25) is 0 Å². The number of esters is 1. The minimum Gasteiger partial charge on any atom is -0.457 e. The Morgan fingerprint density at radius 3 is 1.51 bits per heavy atom. The van der Waals surface area contributed by atoms with Gasteiger partial charge in [0.25, 0.3) is 0 Å². The van der Waals surface area contributed by atoms with Crippen LogP contribution in [0.15, 0.2) is 12.2 Å². The van der Waals surface area contributed by atoms with Gasteiger partial charge in [-0.3, -0.25) is 13.8 Å². The molecule has 304 valence electrons. The van der Waals surface area contributed by atoms with E-state index in [-0.39, 0.29) is 25.8 Å². The Balaban J connectivity index is 4.22. The molecule has 0 bridgehead atoms. The molecule has 0 fully saturated rings. The lowest BCUT2D eigenvalue weighted by atomic mass is 10.0. The average molecular weight is 747 g/mol. The first kappa shape index (κ1) is 50.2. The quantitative estimate of drug-likeness (QED) is 0.0219. The van der Waals surface area contributed by atoms with Crippen LogP contribution >= 0.6 is 7.82 Å². The van der Waals surface area contributed by atoms with Crippen LogP contribution in [0.4, 0.5) is 0 Å². The molecule has 0 saturated carbocycles. The Hall–Kier alpha value is -0.760. The van der Waals surface area contributed by atoms with Crippen molar-refractivity contribution in [3.63, 3.8) is 0 Å². The summed E-state index contributed by atoms with van der Waals surface area (Å²) < 4.78 is 34.9. The maximum absolute atomic E-state index is 12.6. The van der Waals surface area contributed by atoms with Gasteiger partial charge in [-0.15, -0.1) is 0 Å². The molecule has 2 unspecified atom stereocenters. The fourth-order valence-corrected chi connectivity index (χ4v) is 6.70. The average Bonchev–Trinajstić information content (AvgIpc) is 3.08. The van der Waals surface area contributed by atoms with Crippen molar-refractivity contribution >= 4 is 13.8 Å². The standard InChI is InChI=1S/C42H84NO7P/c1-6-8-10-12-14-16-18-20-21-22-24-26-28-30-32-34-37-47-39-41(40-49-51(45,46)48-38-36-43(3,4)5)50-42(44)35-33-31-29-27-25-23-19-17-15-13-11-9-7-2/h17,19,41H,6-16,18,20-40H2,1-5H3/p+1/b19-17-. The van der Waals surface area contributed by atoms with Crippen LogP contribution in [0.1, 0.15) is 194 Å². The minimum absolute atomic E-state index is 0.0901. The second kappa shape index (κ2) is 36.2. The van der Waals surface area contributed by atoms with E-state index in [9.17, 15) is 14.3 Å². The van der Waals surface area contributed by atoms with Gasteiger partial charge < -0.3 is 18.9 Å². The molecule has 51 heavy (non-hydrogen) atoms. The van der Waals surface area contributed by atoms with Gasteiger partial charge in [-0.25, -0.2) is 4.57 Å². The molecular weight excluding hydrogens is 661 g/mol. The fourth-order valence-electron chi connectivity index (χ4n) is 5.96. The minimum atomic E-state index is -4.27. The SMILES string of the molecule is CCCCCC/C=C\CCCCCCCC(=O)OC(COCCCCCCCCCCCCCCCCCC)COP(=O)(O)OCC[N+](C)(C)C. The highest BCUT2D eigenvalue weighted by molar-refractivity contribution is 7.47.